The van der Waals surface area contributed by atoms with E-state index in [0.717, 1.165) is 18.4 Å². The van der Waals surface area contributed by atoms with Gasteiger partial charge in [-0.25, -0.2) is 4.98 Å². The summed E-state index contributed by atoms with van der Waals surface area (Å²) in [4.78, 5) is 33.0. The molecule has 0 spiro atoms. The SMILES string of the molecule is CCCc1sc2nc(SCC(=O)Nc3cccc(Cl)c3)n(-c3ccc(OC)cc3)c(=O)c2c1C. The highest BCUT2D eigenvalue weighted by Gasteiger charge is 2.20. The molecular weight excluding hydrogens is 490 g/mol. The number of thioether (sulfide) groups is 1. The molecular formula is C25H24ClN3O3S2. The molecule has 2 aromatic heterocycles. The van der Waals surface area contributed by atoms with E-state index >= 15 is 0 Å². The van der Waals surface area contributed by atoms with Gasteiger partial charge in [-0.1, -0.05) is 42.8 Å². The number of carbonyl (C=O) groups excluding carboxylic acids is 1. The van der Waals surface area contributed by atoms with Gasteiger partial charge in [0.25, 0.3) is 5.56 Å². The third kappa shape index (κ3) is 5.14. The van der Waals surface area contributed by atoms with Crippen molar-refractivity contribution >= 4 is 56.5 Å². The van der Waals surface area contributed by atoms with Gasteiger partial charge in [0.2, 0.25) is 5.91 Å². The molecule has 0 saturated carbocycles. The fourth-order valence-electron chi connectivity index (χ4n) is 3.63. The van der Waals surface area contributed by atoms with Gasteiger partial charge in [0.05, 0.1) is 23.9 Å². The highest BCUT2D eigenvalue weighted by atomic mass is 35.5. The van der Waals surface area contributed by atoms with E-state index in [1.165, 1.54) is 16.6 Å². The Bertz CT molecular complexity index is 1400. The molecule has 0 fully saturated rings. The second kappa shape index (κ2) is 10.6. The average Bonchev–Trinajstić information content (AvgIpc) is 3.13. The quantitative estimate of drug-likeness (QED) is 0.227. The van der Waals surface area contributed by atoms with E-state index < -0.39 is 0 Å². The first-order valence-electron chi connectivity index (χ1n) is 10.8. The van der Waals surface area contributed by atoms with Crippen LogP contribution in [0.5, 0.6) is 5.75 Å². The van der Waals surface area contributed by atoms with Gasteiger partial charge in [-0.2, -0.15) is 0 Å². The maximum absolute atomic E-state index is 13.7. The van der Waals surface area contributed by atoms with Crippen molar-refractivity contribution in [3.8, 4) is 11.4 Å². The summed E-state index contributed by atoms with van der Waals surface area (Å²) in [6.45, 7) is 4.10. The van der Waals surface area contributed by atoms with Crippen molar-refractivity contribution in [3.63, 3.8) is 0 Å². The topological polar surface area (TPSA) is 73.2 Å². The summed E-state index contributed by atoms with van der Waals surface area (Å²) in [7, 11) is 1.60. The van der Waals surface area contributed by atoms with E-state index in [2.05, 4.69) is 12.2 Å². The van der Waals surface area contributed by atoms with Crippen LogP contribution in [-0.4, -0.2) is 28.3 Å². The minimum atomic E-state index is -0.211. The summed E-state index contributed by atoms with van der Waals surface area (Å²) >= 11 is 8.78. The molecule has 0 aliphatic rings. The number of ether oxygens (including phenoxy) is 1. The number of halogens is 1. The maximum Gasteiger partial charge on any atom is 0.267 e. The van der Waals surface area contributed by atoms with Crippen molar-refractivity contribution in [2.75, 3.05) is 18.2 Å². The number of thiophene rings is 1. The highest BCUT2D eigenvalue weighted by molar-refractivity contribution is 7.99. The number of nitrogens with zero attached hydrogens (tertiary/aromatic N) is 2. The molecule has 0 aliphatic heterocycles. The number of nitrogens with one attached hydrogen (secondary N) is 1. The first kappa shape index (κ1) is 24.3. The van der Waals surface area contributed by atoms with Gasteiger partial charge in [-0.15, -0.1) is 11.3 Å². The van der Waals surface area contributed by atoms with Gasteiger partial charge >= 0.3 is 0 Å². The number of anilines is 1. The molecule has 176 valence electrons. The summed E-state index contributed by atoms with van der Waals surface area (Å²) in [5.74, 6) is 0.571. The number of amides is 1. The number of benzene rings is 2. The first-order valence-corrected chi connectivity index (χ1v) is 13.0. The number of aromatic nitrogens is 2. The third-order valence-electron chi connectivity index (χ3n) is 5.28. The number of hydrogen-bond donors (Lipinski definition) is 1. The monoisotopic (exact) mass is 513 g/mol. The van der Waals surface area contributed by atoms with Crippen LogP contribution < -0.4 is 15.6 Å². The van der Waals surface area contributed by atoms with Crippen LogP contribution in [0.15, 0.2) is 58.5 Å². The molecule has 4 aromatic rings. The van der Waals surface area contributed by atoms with Crippen LogP contribution in [0.25, 0.3) is 15.9 Å². The molecule has 0 saturated heterocycles. The Balaban J connectivity index is 1.72. The van der Waals surface area contributed by atoms with E-state index in [4.69, 9.17) is 21.3 Å². The number of aryl methyl sites for hydroxylation is 2. The van der Waals surface area contributed by atoms with E-state index in [0.29, 0.717) is 37.5 Å². The van der Waals surface area contributed by atoms with Crippen LogP contribution in [-0.2, 0) is 11.2 Å². The molecule has 34 heavy (non-hydrogen) atoms. The normalized spacial score (nSPS) is 11.1. The number of fused-ring (bicyclic) bond motifs is 1. The van der Waals surface area contributed by atoms with Gasteiger partial charge in [0.15, 0.2) is 5.16 Å². The lowest BCUT2D eigenvalue weighted by molar-refractivity contribution is -0.113. The summed E-state index contributed by atoms with van der Waals surface area (Å²) in [6, 6.07) is 14.2. The molecule has 9 heteroatoms. The summed E-state index contributed by atoms with van der Waals surface area (Å²) in [6.07, 6.45) is 1.89. The Morgan fingerprint density at radius 3 is 2.68 bits per heavy atom. The van der Waals surface area contributed by atoms with E-state index in [-0.39, 0.29) is 17.2 Å². The fourth-order valence-corrected chi connectivity index (χ4v) is 5.95. The fraction of sp³-hybridized carbons (Fsp3) is 0.240. The lowest BCUT2D eigenvalue weighted by Gasteiger charge is -2.13. The van der Waals surface area contributed by atoms with Crippen molar-refractivity contribution in [1.29, 1.82) is 0 Å². The van der Waals surface area contributed by atoms with E-state index in [9.17, 15) is 9.59 Å². The zero-order chi connectivity index (χ0) is 24.2. The van der Waals surface area contributed by atoms with Crippen molar-refractivity contribution in [2.45, 2.75) is 31.8 Å². The number of carbonyl (C=O) groups is 1. The van der Waals surface area contributed by atoms with Crippen LogP contribution in [0.4, 0.5) is 5.69 Å². The molecule has 2 heterocycles. The largest absolute Gasteiger partial charge is 0.497 e. The predicted octanol–water partition coefficient (Wildman–Crippen LogP) is 6.10. The summed E-state index contributed by atoms with van der Waals surface area (Å²) in [5, 5.41) is 4.48. The summed E-state index contributed by atoms with van der Waals surface area (Å²) in [5.41, 5.74) is 2.13. The van der Waals surface area contributed by atoms with Gasteiger partial charge in [0.1, 0.15) is 10.6 Å². The Hall–Kier alpha value is -2.81. The maximum atomic E-state index is 13.7. The van der Waals surface area contributed by atoms with Gasteiger partial charge in [0, 0.05) is 15.6 Å². The van der Waals surface area contributed by atoms with Gasteiger partial charge < -0.3 is 10.1 Å². The summed E-state index contributed by atoms with van der Waals surface area (Å²) < 4.78 is 6.84. The Labute approximate surface area is 210 Å². The second-order valence-corrected chi connectivity index (χ2v) is 10.1. The number of rotatable bonds is 8. The smallest absolute Gasteiger partial charge is 0.267 e. The van der Waals surface area contributed by atoms with Crippen molar-refractivity contribution in [3.05, 3.63) is 74.3 Å². The van der Waals surface area contributed by atoms with Crippen molar-refractivity contribution in [2.24, 2.45) is 0 Å². The van der Waals surface area contributed by atoms with Gasteiger partial charge in [-0.3, -0.25) is 14.2 Å². The Morgan fingerprint density at radius 2 is 2.00 bits per heavy atom. The lowest BCUT2D eigenvalue weighted by atomic mass is 10.1. The standard InChI is InChI=1S/C25H24ClN3O3S2/c1-4-6-20-15(2)22-23(34-20)28-25(29(24(22)31)18-9-11-19(32-3)12-10-18)33-14-21(30)27-17-8-5-7-16(26)13-17/h5,7-13H,4,6,14H2,1-3H3,(H,27,30). The molecule has 0 atom stereocenters. The Morgan fingerprint density at radius 1 is 1.24 bits per heavy atom. The average molecular weight is 514 g/mol. The van der Waals surface area contributed by atoms with Crippen LogP contribution >= 0.6 is 34.7 Å². The van der Waals surface area contributed by atoms with Crippen LogP contribution in [0.3, 0.4) is 0 Å². The van der Waals surface area contributed by atoms with Gasteiger partial charge in [-0.05, 0) is 61.4 Å². The van der Waals surface area contributed by atoms with Crippen LogP contribution in [0, 0.1) is 6.92 Å². The van der Waals surface area contributed by atoms with Crippen LogP contribution in [0.1, 0.15) is 23.8 Å². The molecule has 2 aromatic carbocycles. The van der Waals surface area contributed by atoms with Crippen molar-refractivity contribution in [1.82, 2.24) is 9.55 Å². The predicted molar refractivity (Wildman–Crippen MR) is 141 cm³/mol. The first-order chi connectivity index (χ1) is 16.4. The zero-order valence-corrected chi connectivity index (χ0v) is 21.4. The Kier molecular flexibility index (Phi) is 7.60. The van der Waals surface area contributed by atoms with E-state index in [1.54, 1.807) is 59.4 Å². The molecule has 0 aliphatic carbocycles. The molecule has 1 N–H and O–H groups in total. The lowest BCUT2D eigenvalue weighted by Crippen LogP contribution is -2.22. The molecule has 1 amide bonds. The molecule has 0 radical (unpaired) electrons. The minimum absolute atomic E-state index is 0.0901. The second-order valence-electron chi connectivity index (χ2n) is 7.66. The van der Waals surface area contributed by atoms with Crippen molar-refractivity contribution < 1.29 is 9.53 Å². The third-order valence-corrected chi connectivity index (χ3v) is 7.70. The molecule has 0 unspecified atom stereocenters. The molecule has 6 nitrogen and oxygen atoms in total. The molecule has 4 rings (SSSR count). The van der Waals surface area contributed by atoms with Crippen LogP contribution in [0.2, 0.25) is 5.02 Å². The highest BCUT2D eigenvalue weighted by Crippen LogP contribution is 2.31. The zero-order valence-electron chi connectivity index (χ0n) is 19.1. The minimum Gasteiger partial charge on any atom is -0.497 e. The number of hydrogen-bond acceptors (Lipinski definition) is 6. The molecule has 0 bridgehead atoms. The number of methoxy groups -OCH3 is 1. The van der Waals surface area contributed by atoms with E-state index in [1.807, 2.05) is 19.1 Å².